The van der Waals surface area contributed by atoms with Crippen LogP contribution in [0.4, 0.5) is 0 Å². The van der Waals surface area contributed by atoms with Gasteiger partial charge in [0.05, 0.1) is 0 Å². The number of carbonyl (C=O) groups excluding carboxylic acids is 1. The van der Waals surface area contributed by atoms with E-state index in [1.54, 1.807) is 12.1 Å². The first kappa shape index (κ1) is 19.0. The van der Waals surface area contributed by atoms with E-state index in [1.807, 2.05) is 12.1 Å². The zero-order valence-corrected chi connectivity index (χ0v) is 16.4. The van der Waals surface area contributed by atoms with Gasteiger partial charge in [0.25, 0.3) is 5.91 Å². The maximum atomic E-state index is 11.8. The summed E-state index contributed by atoms with van der Waals surface area (Å²) >= 11 is 8.61. The second-order valence-corrected chi connectivity index (χ2v) is 7.59. The molecule has 24 heavy (non-hydrogen) atoms. The van der Waals surface area contributed by atoms with Crippen molar-refractivity contribution in [3.05, 3.63) is 28.7 Å². The monoisotopic (exact) mass is 413 g/mol. The number of benzene rings is 1. The molecule has 0 aliphatic heterocycles. The molecular weight excluding hydrogens is 390 g/mol. The molecule has 0 aromatic heterocycles. The van der Waals surface area contributed by atoms with E-state index in [-0.39, 0.29) is 12.5 Å². The van der Waals surface area contributed by atoms with Crippen LogP contribution in [0.15, 0.2) is 28.7 Å². The molecule has 1 amide bonds. The molecule has 132 valence electrons. The first-order valence-corrected chi connectivity index (χ1v) is 9.39. The Morgan fingerprint density at radius 3 is 2.88 bits per heavy atom. The number of hydrogen-bond donors (Lipinski definition) is 3. The van der Waals surface area contributed by atoms with Crippen LogP contribution >= 0.6 is 28.1 Å². The van der Waals surface area contributed by atoms with Crippen LogP contribution in [0.3, 0.4) is 0 Å². The third kappa shape index (κ3) is 5.94. The molecule has 0 bridgehead atoms. The van der Waals surface area contributed by atoms with Gasteiger partial charge in [-0.15, -0.1) is 0 Å². The minimum Gasteiger partial charge on any atom is -0.484 e. The standard InChI is InChI=1S/C17H24BrN3O2S/c1-11-5-3-8-15(12(11)2)19-17(24)21-20-16(22)10-23-14-7-4-6-13(18)9-14/h4,6-7,9,11-12,15H,3,5,8,10H2,1-2H3,(H,20,22)(H2,19,21,24)/t11-,12-,15-/m1/s1. The highest BCUT2D eigenvalue weighted by atomic mass is 79.9. The van der Waals surface area contributed by atoms with Crippen molar-refractivity contribution in [2.24, 2.45) is 11.8 Å². The van der Waals surface area contributed by atoms with Crippen LogP contribution in [-0.4, -0.2) is 23.7 Å². The van der Waals surface area contributed by atoms with Gasteiger partial charge in [-0.1, -0.05) is 48.7 Å². The molecule has 1 aliphatic carbocycles. The summed E-state index contributed by atoms with van der Waals surface area (Å²) < 4.78 is 6.32. The lowest BCUT2D eigenvalue weighted by molar-refractivity contribution is -0.123. The Hall–Kier alpha value is -1.34. The number of carbonyl (C=O) groups is 1. The minimum absolute atomic E-state index is 0.0804. The third-order valence-corrected chi connectivity index (χ3v) is 5.22. The molecule has 7 heteroatoms. The zero-order valence-electron chi connectivity index (χ0n) is 14.0. The van der Waals surface area contributed by atoms with Gasteiger partial charge in [-0.2, -0.15) is 0 Å². The van der Waals surface area contributed by atoms with Gasteiger partial charge in [-0.3, -0.25) is 15.6 Å². The fourth-order valence-corrected chi connectivity index (χ4v) is 3.44. The molecule has 3 N–H and O–H groups in total. The summed E-state index contributed by atoms with van der Waals surface area (Å²) in [5.74, 6) is 1.59. The average molecular weight is 414 g/mol. The fourth-order valence-electron chi connectivity index (χ4n) is 2.86. The van der Waals surface area contributed by atoms with Crippen LogP contribution in [0.2, 0.25) is 0 Å². The van der Waals surface area contributed by atoms with E-state index >= 15 is 0 Å². The quantitative estimate of drug-likeness (QED) is 0.522. The summed E-state index contributed by atoms with van der Waals surface area (Å²) in [6, 6.07) is 7.69. The van der Waals surface area contributed by atoms with E-state index in [2.05, 4.69) is 45.9 Å². The first-order valence-electron chi connectivity index (χ1n) is 8.19. The number of thiocarbonyl (C=S) groups is 1. The van der Waals surface area contributed by atoms with Gasteiger partial charge in [0.1, 0.15) is 5.75 Å². The van der Waals surface area contributed by atoms with Gasteiger partial charge in [0.15, 0.2) is 11.7 Å². The Kier molecular flexibility index (Phi) is 7.30. The van der Waals surface area contributed by atoms with E-state index in [1.165, 1.54) is 12.8 Å². The highest BCUT2D eigenvalue weighted by Crippen LogP contribution is 2.29. The van der Waals surface area contributed by atoms with Crippen LogP contribution in [0, 0.1) is 11.8 Å². The maximum Gasteiger partial charge on any atom is 0.276 e. The minimum atomic E-state index is -0.288. The predicted octanol–water partition coefficient (Wildman–Crippen LogP) is 3.15. The Bertz CT molecular complexity index is 585. The summed E-state index contributed by atoms with van der Waals surface area (Å²) in [4.78, 5) is 11.8. The molecule has 0 saturated heterocycles. The highest BCUT2D eigenvalue weighted by Gasteiger charge is 2.27. The summed E-state index contributed by atoms with van der Waals surface area (Å²) in [6.45, 7) is 4.44. The number of rotatable bonds is 4. The maximum absolute atomic E-state index is 11.8. The van der Waals surface area contributed by atoms with Crippen molar-refractivity contribution < 1.29 is 9.53 Å². The Labute approximate surface area is 157 Å². The Balaban J connectivity index is 1.68. The molecule has 2 rings (SSSR count). The van der Waals surface area contributed by atoms with Gasteiger partial charge in [0.2, 0.25) is 0 Å². The van der Waals surface area contributed by atoms with Crippen LogP contribution in [-0.2, 0) is 4.79 Å². The number of hydrogen-bond acceptors (Lipinski definition) is 3. The Morgan fingerprint density at radius 1 is 1.33 bits per heavy atom. The molecule has 1 aliphatic rings. The average Bonchev–Trinajstić information content (AvgIpc) is 2.55. The second kappa shape index (κ2) is 9.22. The largest absolute Gasteiger partial charge is 0.484 e. The van der Waals surface area contributed by atoms with Crippen molar-refractivity contribution in [2.45, 2.75) is 39.2 Å². The lowest BCUT2D eigenvalue weighted by Crippen LogP contribution is -2.53. The topological polar surface area (TPSA) is 62.4 Å². The van der Waals surface area contributed by atoms with Crippen LogP contribution in [0.25, 0.3) is 0 Å². The molecule has 1 saturated carbocycles. The highest BCUT2D eigenvalue weighted by molar-refractivity contribution is 9.10. The predicted molar refractivity (Wildman–Crippen MR) is 103 cm³/mol. The van der Waals surface area contributed by atoms with Crippen molar-refractivity contribution in [1.29, 1.82) is 0 Å². The van der Waals surface area contributed by atoms with Gasteiger partial charge in [-0.05, 0) is 48.7 Å². The molecule has 0 heterocycles. The van der Waals surface area contributed by atoms with Crippen LogP contribution in [0.1, 0.15) is 33.1 Å². The molecule has 1 aromatic rings. The van der Waals surface area contributed by atoms with Crippen molar-refractivity contribution in [1.82, 2.24) is 16.2 Å². The fraction of sp³-hybridized carbons (Fsp3) is 0.529. The third-order valence-electron chi connectivity index (χ3n) is 4.50. The zero-order chi connectivity index (χ0) is 17.5. The number of nitrogens with one attached hydrogen (secondary N) is 3. The number of ether oxygens (including phenoxy) is 1. The summed E-state index contributed by atoms with van der Waals surface area (Å²) in [5.41, 5.74) is 5.30. The molecule has 5 nitrogen and oxygen atoms in total. The molecule has 1 fully saturated rings. The van der Waals surface area contributed by atoms with Gasteiger partial charge in [-0.25, -0.2) is 0 Å². The van der Waals surface area contributed by atoms with E-state index in [4.69, 9.17) is 17.0 Å². The van der Waals surface area contributed by atoms with Gasteiger partial charge >= 0.3 is 0 Å². The Morgan fingerprint density at radius 2 is 2.12 bits per heavy atom. The smallest absolute Gasteiger partial charge is 0.276 e. The van der Waals surface area contributed by atoms with Crippen molar-refractivity contribution in [2.75, 3.05) is 6.61 Å². The van der Waals surface area contributed by atoms with E-state index in [0.29, 0.717) is 28.7 Å². The number of amides is 1. The number of hydrazine groups is 1. The van der Waals surface area contributed by atoms with Crippen molar-refractivity contribution in [3.8, 4) is 5.75 Å². The second-order valence-electron chi connectivity index (χ2n) is 6.27. The van der Waals surface area contributed by atoms with Gasteiger partial charge < -0.3 is 10.1 Å². The molecular formula is C17H24BrN3O2S. The summed E-state index contributed by atoms with van der Waals surface area (Å²) in [6.07, 6.45) is 3.58. The molecule has 3 atom stereocenters. The summed E-state index contributed by atoms with van der Waals surface area (Å²) in [7, 11) is 0. The molecule has 0 radical (unpaired) electrons. The molecule has 0 unspecified atom stereocenters. The number of halogens is 1. The molecule has 1 aromatic carbocycles. The lowest BCUT2D eigenvalue weighted by Gasteiger charge is -2.35. The van der Waals surface area contributed by atoms with E-state index in [0.717, 1.165) is 10.9 Å². The lowest BCUT2D eigenvalue weighted by atomic mass is 9.78. The van der Waals surface area contributed by atoms with E-state index < -0.39 is 0 Å². The first-order chi connectivity index (χ1) is 11.5. The van der Waals surface area contributed by atoms with Crippen LogP contribution in [0.5, 0.6) is 5.75 Å². The SMILES string of the molecule is C[C@@H]1[C@H](C)CCC[C@H]1NC(=S)NNC(=O)COc1cccc(Br)c1. The summed E-state index contributed by atoms with van der Waals surface area (Å²) in [5, 5.41) is 3.74. The van der Waals surface area contributed by atoms with Crippen LogP contribution < -0.4 is 20.9 Å². The van der Waals surface area contributed by atoms with Crippen molar-refractivity contribution >= 4 is 39.2 Å². The van der Waals surface area contributed by atoms with Crippen molar-refractivity contribution in [3.63, 3.8) is 0 Å². The molecule has 0 spiro atoms. The normalized spacial score (nSPS) is 23.2. The van der Waals surface area contributed by atoms with E-state index in [9.17, 15) is 4.79 Å². The van der Waals surface area contributed by atoms with Gasteiger partial charge in [0, 0.05) is 10.5 Å².